The first-order valence-corrected chi connectivity index (χ1v) is 8.01. The Kier molecular flexibility index (Phi) is 3.84. The third-order valence-electron chi connectivity index (χ3n) is 5.03. The van der Waals surface area contributed by atoms with Gasteiger partial charge in [-0.3, -0.25) is 0 Å². The van der Waals surface area contributed by atoms with Gasteiger partial charge in [0.05, 0.1) is 0 Å². The van der Waals surface area contributed by atoms with E-state index in [0.717, 1.165) is 12.5 Å². The maximum absolute atomic E-state index is 6.12. The van der Waals surface area contributed by atoms with Crippen LogP contribution < -0.4 is 5.73 Å². The summed E-state index contributed by atoms with van der Waals surface area (Å²) in [5.41, 5.74) is 10.2. The Bertz CT molecular complexity index is 576. The van der Waals surface area contributed by atoms with E-state index >= 15 is 0 Å². The fourth-order valence-corrected chi connectivity index (χ4v) is 3.76. The van der Waals surface area contributed by atoms with Crippen molar-refractivity contribution in [1.29, 1.82) is 0 Å². The zero-order chi connectivity index (χ0) is 14.1. The molecule has 20 heavy (non-hydrogen) atoms. The molecule has 0 saturated heterocycles. The standard InChI is InChI=1S/C18H26N2/c1-12(2)14-7-8-18-15(9-14)17(11-20-18)16(10-19)13-5-3-4-6-13/h7-9,11-13,16,20H,3-6,10,19H2,1-2H3. The van der Waals surface area contributed by atoms with Crippen LogP contribution in [0.4, 0.5) is 0 Å². The molecule has 0 bridgehead atoms. The molecular formula is C18H26N2. The topological polar surface area (TPSA) is 41.8 Å². The lowest BCUT2D eigenvalue weighted by Crippen LogP contribution is -2.19. The Hall–Kier alpha value is -1.28. The van der Waals surface area contributed by atoms with Crippen LogP contribution >= 0.6 is 0 Å². The predicted molar refractivity (Wildman–Crippen MR) is 86.1 cm³/mol. The third-order valence-corrected chi connectivity index (χ3v) is 5.03. The van der Waals surface area contributed by atoms with Gasteiger partial charge >= 0.3 is 0 Å². The molecule has 3 rings (SSSR count). The Balaban J connectivity index is 2.02. The van der Waals surface area contributed by atoms with Gasteiger partial charge in [-0.2, -0.15) is 0 Å². The zero-order valence-corrected chi connectivity index (χ0v) is 12.7. The summed E-state index contributed by atoms with van der Waals surface area (Å²) in [5, 5.41) is 1.39. The third kappa shape index (κ3) is 2.37. The van der Waals surface area contributed by atoms with Crippen molar-refractivity contribution in [3.63, 3.8) is 0 Å². The number of fused-ring (bicyclic) bond motifs is 1. The number of nitrogens with one attached hydrogen (secondary N) is 1. The Morgan fingerprint density at radius 3 is 2.65 bits per heavy atom. The first-order valence-electron chi connectivity index (χ1n) is 8.01. The number of aromatic nitrogens is 1. The van der Waals surface area contributed by atoms with Crippen molar-refractivity contribution in [3.05, 3.63) is 35.5 Å². The highest BCUT2D eigenvalue weighted by Gasteiger charge is 2.27. The molecule has 1 aromatic carbocycles. The fourth-order valence-electron chi connectivity index (χ4n) is 3.76. The van der Waals surface area contributed by atoms with E-state index in [9.17, 15) is 0 Å². The van der Waals surface area contributed by atoms with E-state index < -0.39 is 0 Å². The molecule has 0 amide bonds. The number of aromatic amines is 1. The lowest BCUT2D eigenvalue weighted by Gasteiger charge is -2.21. The number of hydrogen-bond acceptors (Lipinski definition) is 1. The molecule has 1 aliphatic rings. The molecule has 3 N–H and O–H groups in total. The first kappa shape index (κ1) is 13.7. The van der Waals surface area contributed by atoms with Gasteiger partial charge in [-0.15, -0.1) is 0 Å². The molecule has 0 spiro atoms. The van der Waals surface area contributed by atoms with E-state index in [-0.39, 0.29) is 0 Å². The summed E-state index contributed by atoms with van der Waals surface area (Å²) >= 11 is 0. The Labute approximate surface area is 121 Å². The fraction of sp³-hybridized carbons (Fsp3) is 0.556. The highest BCUT2D eigenvalue weighted by atomic mass is 14.7. The quantitative estimate of drug-likeness (QED) is 0.842. The van der Waals surface area contributed by atoms with Crippen LogP contribution in [0.15, 0.2) is 24.4 Å². The molecule has 108 valence electrons. The van der Waals surface area contributed by atoms with E-state index in [4.69, 9.17) is 5.73 Å². The molecule has 2 aromatic rings. The monoisotopic (exact) mass is 270 g/mol. The van der Waals surface area contributed by atoms with Crippen molar-refractivity contribution in [2.75, 3.05) is 6.54 Å². The van der Waals surface area contributed by atoms with Crippen LogP contribution in [0.2, 0.25) is 0 Å². The Morgan fingerprint density at radius 2 is 2.00 bits per heavy atom. The van der Waals surface area contributed by atoms with Gasteiger partial charge in [0.2, 0.25) is 0 Å². The minimum absolute atomic E-state index is 0.522. The summed E-state index contributed by atoms with van der Waals surface area (Å²) in [6.45, 7) is 5.28. The predicted octanol–water partition coefficient (Wildman–Crippen LogP) is 4.52. The summed E-state index contributed by atoms with van der Waals surface area (Å²) in [6.07, 6.45) is 7.64. The van der Waals surface area contributed by atoms with Crippen LogP contribution in [-0.4, -0.2) is 11.5 Å². The minimum Gasteiger partial charge on any atom is -0.361 e. The molecule has 1 aliphatic carbocycles. The first-order chi connectivity index (χ1) is 9.70. The molecule has 1 fully saturated rings. The molecule has 0 aliphatic heterocycles. The zero-order valence-electron chi connectivity index (χ0n) is 12.7. The number of benzene rings is 1. The van der Waals surface area contributed by atoms with Crippen LogP contribution in [0.25, 0.3) is 10.9 Å². The summed E-state index contributed by atoms with van der Waals surface area (Å²) in [7, 11) is 0. The van der Waals surface area contributed by atoms with Crippen molar-refractivity contribution in [2.45, 2.75) is 51.4 Å². The summed E-state index contributed by atoms with van der Waals surface area (Å²) < 4.78 is 0. The van der Waals surface area contributed by atoms with Crippen LogP contribution in [0, 0.1) is 5.92 Å². The molecule has 2 nitrogen and oxygen atoms in total. The second-order valence-electron chi connectivity index (χ2n) is 6.59. The molecule has 1 atom stereocenters. The van der Waals surface area contributed by atoms with Gasteiger partial charge in [-0.05, 0) is 54.5 Å². The highest BCUT2D eigenvalue weighted by molar-refractivity contribution is 5.84. The van der Waals surface area contributed by atoms with Crippen molar-refractivity contribution < 1.29 is 0 Å². The van der Waals surface area contributed by atoms with Gasteiger partial charge in [-0.1, -0.05) is 32.8 Å². The van der Waals surface area contributed by atoms with E-state index in [0.29, 0.717) is 11.8 Å². The van der Waals surface area contributed by atoms with Gasteiger partial charge < -0.3 is 10.7 Å². The van der Waals surface area contributed by atoms with Gasteiger partial charge in [0, 0.05) is 23.0 Å². The SMILES string of the molecule is CC(C)c1ccc2[nH]cc(C(CN)C3CCCC3)c2c1. The van der Waals surface area contributed by atoms with Crippen molar-refractivity contribution >= 4 is 10.9 Å². The molecule has 1 unspecified atom stereocenters. The largest absolute Gasteiger partial charge is 0.361 e. The molecular weight excluding hydrogens is 244 g/mol. The van der Waals surface area contributed by atoms with Crippen LogP contribution in [0.3, 0.4) is 0 Å². The van der Waals surface area contributed by atoms with E-state index in [1.54, 1.807) is 0 Å². The van der Waals surface area contributed by atoms with Crippen molar-refractivity contribution in [3.8, 4) is 0 Å². The maximum Gasteiger partial charge on any atom is 0.0457 e. The average Bonchev–Trinajstić information content (AvgIpc) is 3.09. The van der Waals surface area contributed by atoms with Crippen LogP contribution in [0.5, 0.6) is 0 Å². The summed E-state index contributed by atoms with van der Waals surface area (Å²) in [4.78, 5) is 3.44. The van der Waals surface area contributed by atoms with E-state index in [1.165, 1.54) is 47.7 Å². The smallest absolute Gasteiger partial charge is 0.0457 e. The lowest BCUT2D eigenvalue weighted by atomic mass is 9.84. The average molecular weight is 270 g/mol. The molecule has 1 saturated carbocycles. The molecule has 1 heterocycles. The van der Waals surface area contributed by atoms with Crippen molar-refractivity contribution in [1.82, 2.24) is 4.98 Å². The molecule has 1 aromatic heterocycles. The Morgan fingerprint density at radius 1 is 1.25 bits per heavy atom. The normalized spacial score (nSPS) is 18.2. The van der Waals surface area contributed by atoms with Gasteiger partial charge in [0.1, 0.15) is 0 Å². The highest BCUT2D eigenvalue weighted by Crippen LogP contribution is 2.39. The second kappa shape index (κ2) is 5.61. The van der Waals surface area contributed by atoms with Crippen LogP contribution in [0.1, 0.15) is 62.5 Å². The van der Waals surface area contributed by atoms with Gasteiger partial charge in [-0.25, -0.2) is 0 Å². The number of rotatable bonds is 4. The van der Waals surface area contributed by atoms with E-state index in [2.05, 4.69) is 43.2 Å². The van der Waals surface area contributed by atoms with Crippen molar-refractivity contribution in [2.24, 2.45) is 11.7 Å². The number of H-pyrrole nitrogens is 1. The molecule has 0 radical (unpaired) electrons. The second-order valence-corrected chi connectivity index (χ2v) is 6.59. The summed E-state index contributed by atoms with van der Waals surface area (Å²) in [5.74, 6) is 1.88. The lowest BCUT2D eigenvalue weighted by molar-refractivity contribution is 0.442. The summed E-state index contributed by atoms with van der Waals surface area (Å²) in [6, 6.07) is 6.82. The molecule has 2 heteroatoms. The van der Waals surface area contributed by atoms with Gasteiger partial charge in [0.25, 0.3) is 0 Å². The van der Waals surface area contributed by atoms with Crippen LogP contribution in [-0.2, 0) is 0 Å². The maximum atomic E-state index is 6.12. The number of hydrogen-bond donors (Lipinski definition) is 2. The number of nitrogens with two attached hydrogens (primary N) is 1. The van der Waals surface area contributed by atoms with Gasteiger partial charge in [0.15, 0.2) is 0 Å². The van der Waals surface area contributed by atoms with E-state index in [1.807, 2.05) is 0 Å². The minimum atomic E-state index is 0.522.